The van der Waals surface area contributed by atoms with Gasteiger partial charge in [0.2, 0.25) is 0 Å². The van der Waals surface area contributed by atoms with Gasteiger partial charge in [-0.1, -0.05) is 26.0 Å². The highest BCUT2D eigenvalue weighted by atomic mass is 16.2. The van der Waals surface area contributed by atoms with E-state index in [1.54, 1.807) is 0 Å². The molecule has 1 amide bonds. The van der Waals surface area contributed by atoms with Crippen LogP contribution in [0.1, 0.15) is 43.6 Å². The molecule has 0 aliphatic heterocycles. The van der Waals surface area contributed by atoms with E-state index in [9.17, 15) is 4.79 Å². The van der Waals surface area contributed by atoms with Gasteiger partial charge in [0.1, 0.15) is 0 Å². The number of amides is 1. The number of benzene rings is 1. The van der Waals surface area contributed by atoms with Gasteiger partial charge in [0.15, 0.2) is 0 Å². The van der Waals surface area contributed by atoms with E-state index in [1.165, 1.54) is 5.56 Å². The number of carbonyl (C=O) groups excluding carboxylic acids is 1. The van der Waals surface area contributed by atoms with Gasteiger partial charge >= 0.3 is 0 Å². The molecule has 2 N–H and O–H groups in total. The molecule has 0 radical (unpaired) electrons. The van der Waals surface area contributed by atoms with Crippen molar-refractivity contribution >= 4 is 5.91 Å². The fourth-order valence-electron chi connectivity index (χ4n) is 2.07. The standard InChI is InChI=1S/C16H26N2O/c1-12(2)11-18(13(3)4)16(19)15-7-5-14(6-8-15)9-10-17/h5-8,12-13H,9-11,17H2,1-4H3. The number of hydrogen-bond acceptors (Lipinski definition) is 2. The summed E-state index contributed by atoms with van der Waals surface area (Å²) in [6.07, 6.45) is 0.856. The largest absolute Gasteiger partial charge is 0.336 e. The normalized spacial score (nSPS) is 11.1. The van der Waals surface area contributed by atoms with Crippen molar-refractivity contribution in [2.24, 2.45) is 11.7 Å². The summed E-state index contributed by atoms with van der Waals surface area (Å²) in [6.45, 7) is 9.81. The molecule has 1 aromatic rings. The van der Waals surface area contributed by atoms with Crippen LogP contribution in [0.3, 0.4) is 0 Å². The second kappa shape index (κ2) is 7.29. The zero-order valence-electron chi connectivity index (χ0n) is 12.5. The molecule has 3 nitrogen and oxygen atoms in total. The Bertz CT molecular complexity index is 396. The third-order valence-corrected chi connectivity index (χ3v) is 3.08. The van der Waals surface area contributed by atoms with Gasteiger partial charge < -0.3 is 10.6 Å². The van der Waals surface area contributed by atoms with Crippen molar-refractivity contribution in [2.45, 2.75) is 40.2 Å². The Morgan fingerprint density at radius 3 is 2.16 bits per heavy atom. The molecule has 0 atom stereocenters. The monoisotopic (exact) mass is 262 g/mol. The molecule has 0 fully saturated rings. The van der Waals surface area contributed by atoms with E-state index in [2.05, 4.69) is 27.7 Å². The predicted octanol–water partition coefficient (Wildman–Crippen LogP) is 2.69. The van der Waals surface area contributed by atoms with Crippen molar-refractivity contribution in [2.75, 3.05) is 13.1 Å². The van der Waals surface area contributed by atoms with E-state index in [4.69, 9.17) is 5.73 Å². The minimum atomic E-state index is 0.114. The molecule has 3 heteroatoms. The number of hydrogen-bond donors (Lipinski definition) is 1. The molecule has 0 heterocycles. The first kappa shape index (κ1) is 15.7. The summed E-state index contributed by atoms with van der Waals surface area (Å²) in [5.41, 5.74) is 7.47. The molecule has 0 unspecified atom stereocenters. The SMILES string of the molecule is CC(C)CN(C(=O)c1ccc(CCN)cc1)C(C)C. The van der Waals surface area contributed by atoms with Crippen molar-refractivity contribution in [3.05, 3.63) is 35.4 Å². The lowest BCUT2D eigenvalue weighted by Crippen LogP contribution is -2.39. The summed E-state index contributed by atoms with van der Waals surface area (Å²) >= 11 is 0. The minimum Gasteiger partial charge on any atom is -0.336 e. The number of rotatable bonds is 6. The van der Waals surface area contributed by atoms with E-state index in [-0.39, 0.29) is 11.9 Å². The number of nitrogens with zero attached hydrogens (tertiary/aromatic N) is 1. The van der Waals surface area contributed by atoms with Gasteiger partial charge in [-0.05, 0) is 50.4 Å². The van der Waals surface area contributed by atoms with Gasteiger partial charge in [0.05, 0.1) is 0 Å². The van der Waals surface area contributed by atoms with Crippen LogP contribution in [0.15, 0.2) is 24.3 Å². The van der Waals surface area contributed by atoms with Crippen LogP contribution in [0.25, 0.3) is 0 Å². The minimum absolute atomic E-state index is 0.114. The highest BCUT2D eigenvalue weighted by molar-refractivity contribution is 5.94. The van der Waals surface area contributed by atoms with Crippen LogP contribution in [0, 0.1) is 5.92 Å². The number of carbonyl (C=O) groups is 1. The molecular weight excluding hydrogens is 236 g/mol. The molecule has 0 spiro atoms. The Morgan fingerprint density at radius 2 is 1.74 bits per heavy atom. The molecule has 0 saturated heterocycles. The Labute approximate surface area is 116 Å². The van der Waals surface area contributed by atoms with Gasteiger partial charge in [-0.25, -0.2) is 0 Å². The van der Waals surface area contributed by atoms with Crippen LogP contribution >= 0.6 is 0 Å². The fourth-order valence-corrected chi connectivity index (χ4v) is 2.07. The topological polar surface area (TPSA) is 46.3 Å². The van der Waals surface area contributed by atoms with E-state index >= 15 is 0 Å². The first-order valence-corrected chi connectivity index (χ1v) is 7.05. The quantitative estimate of drug-likeness (QED) is 0.856. The van der Waals surface area contributed by atoms with Crippen LogP contribution < -0.4 is 5.73 Å². The summed E-state index contributed by atoms with van der Waals surface area (Å²) in [5, 5.41) is 0. The first-order chi connectivity index (χ1) is 8.95. The van der Waals surface area contributed by atoms with Gasteiger partial charge in [-0.2, -0.15) is 0 Å². The van der Waals surface area contributed by atoms with Crippen molar-refractivity contribution < 1.29 is 4.79 Å². The lowest BCUT2D eigenvalue weighted by Gasteiger charge is -2.28. The van der Waals surface area contributed by atoms with Crippen molar-refractivity contribution in [3.63, 3.8) is 0 Å². The van der Waals surface area contributed by atoms with E-state index < -0.39 is 0 Å². The van der Waals surface area contributed by atoms with Crippen molar-refractivity contribution in [1.82, 2.24) is 4.90 Å². The Kier molecular flexibility index (Phi) is 6.03. The average molecular weight is 262 g/mol. The highest BCUT2D eigenvalue weighted by Gasteiger charge is 2.19. The molecule has 19 heavy (non-hydrogen) atoms. The molecular formula is C16H26N2O. The van der Waals surface area contributed by atoms with Gasteiger partial charge in [0, 0.05) is 18.2 Å². The summed E-state index contributed by atoms with van der Waals surface area (Å²) < 4.78 is 0. The zero-order valence-corrected chi connectivity index (χ0v) is 12.5. The predicted molar refractivity (Wildman–Crippen MR) is 80.2 cm³/mol. The smallest absolute Gasteiger partial charge is 0.254 e. The molecule has 0 aliphatic carbocycles. The maximum Gasteiger partial charge on any atom is 0.254 e. The molecule has 1 rings (SSSR count). The van der Waals surface area contributed by atoms with Crippen molar-refractivity contribution in [3.8, 4) is 0 Å². The van der Waals surface area contributed by atoms with Crippen molar-refractivity contribution in [1.29, 1.82) is 0 Å². The second-order valence-electron chi connectivity index (χ2n) is 5.68. The molecule has 0 saturated carbocycles. The van der Waals surface area contributed by atoms with Crippen LogP contribution in [-0.2, 0) is 6.42 Å². The molecule has 0 aliphatic rings. The average Bonchev–Trinajstić information content (AvgIpc) is 2.36. The fraction of sp³-hybridized carbons (Fsp3) is 0.562. The third-order valence-electron chi connectivity index (χ3n) is 3.08. The highest BCUT2D eigenvalue weighted by Crippen LogP contribution is 2.12. The maximum atomic E-state index is 12.5. The Balaban J connectivity index is 2.84. The maximum absolute atomic E-state index is 12.5. The Morgan fingerprint density at radius 1 is 1.16 bits per heavy atom. The summed E-state index contributed by atoms with van der Waals surface area (Å²) in [4.78, 5) is 14.4. The van der Waals surface area contributed by atoms with Crippen LogP contribution in [-0.4, -0.2) is 29.9 Å². The first-order valence-electron chi connectivity index (χ1n) is 7.05. The number of nitrogens with two attached hydrogens (primary N) is 1. The summed E-state index contributed by atoms with van der Waals surface area (Å²) in [5.74, 6) is 0.589. The summed E-state index contributed by atoms with van der Waals surface area (Å²) in [7, 11) is 0. The summed E-state index contributed by atoms with van der Waals surface area (Å²) in [6, 6.07) is 8.02. The van der Waals surface area contributed by atoms with E-state index in [0.717, 1.165) is 18.5 Å². The zero-order chi connectivity index (χ0) is 14.4. The lowest BCUT2D eigenvalue weighted by molar-refractivity contribution is 0.0682. The second-order valence-corrected chi connectivity index (χ2v) is 5.68. The third kappa shape index (κ3) is 4.67. The Hall–Kier alpha value is -1.35. The van der Waals surface area contributed by atoms with Gasteiger partial charge in [-0.3, -0.25) is 4.79 Å². The lowest BCUT2D eigenvalue weighted by atomic mass is 10.1. The molecule has 106 valence electrons. The van der Waals surface area contributed by atoms with Crippen LogP contribution in [0.4, 0.5) is 0 Å². The molecule has 0 aromatic heterocycles. The van der Waals surface area contributed by atoms with Crippen LogP contribution in [0.2, 0.25) is 0 Å². The van der Waals surface area contributed by atoms with Gasteiger partial charge in [0.25, 0.3) is 5.91 Å². The molecule has 1 aromatic carbocycles. The van der Waals surface area contributed by atoms with E-state index in [1.807, 2.05) is 29.2 Å². The van der Waals surface area contributed by atoms with E-state index in [0.29, 0.717) is 12.5 Å². The van der Waals surface area contributed by atoms with Crippen LogP contribution in [0.5, 0.6) is 0 Å². The van der Waals surface area contributed by atoms with Gasteiger partial charge in [-0.15, -0.1) is 0 Å². The molecule has 0 bridgehead atoms.